The Morgan fingerprint density at radius 2 is 1.82 bits per heavy atom. The van der Waals surface area contributed by atoms with Gasteiger partial charge < -0.3 is 5.73 Å². The first-order valence-corrected chi connectivity index (χ1v) is 5.98. The van der Waals surface area contributed by atoms with E-state index in [1.807, 2.05) is 12.1 Å². The number of hydrogen-bond donors (Lipinski definition) is 1. The van der Waals surface area contributed by atoms with E-state index in [4.69, 9.17) is 5.73 Å². The highest BCUT2D eigenvalue weighted by atomic mass is 15.5. The molecule has 1 aliphatic carbocycles. The second-order valence-electron chi connectivity index (χ2n) is 4.45. The van der Waals surface area contributed by atoms with Crippen LogP contribution in [0.15, 0.2) is 24.5 Å². The Morgan fingerprint density at radius 3 is 2.53 bits per heavy atom. The summed E-state index contributed by atoms with van der Waals surface area (Å²) in [6.45, 7) is 0. The summed E-state index contributed by atoms with van der Waals surface area (Å²) in [5.74, 6) is 1.05. The van der Waals surface area contributed by atoms with E-state index < -0.39 is 0 Å². The maximum Gasteiger partial charge on any atom is 0.169 e. The van der Waals surface area contributed by atoms with Gasteiger partial charge in [0, 0.05) is 18.3 Å². The summed E-state index contributed by atoms with van der Waals surface area (Å²) in [6.07, 6.45) is 8.35. The van der Waals surface area contributed by atoms with Gasteiger partial charge in [-0.2, -0.15) is 5.10 Å². The number of pyridine rings is 1. The molecule has 17 heavy (non-hydrogen) atoms. The van der Waals surface area contributed by atoms with Crippen molar-refractivity contribution in [1.29, 1.82) is 0 Å². The standard InChI is InChI=1S/C12H15N5/c13-12-11(9-3-1-2-4-9)15-17(16-12)10-5-7-14-8-6-10/h5-9H,1-4H2,(H2,13,16). The molecule has 2 aromatic heterocycles. The third kappa shape index (κ3) is 1.88. The minimum atomic E-state index is 0.491. The summed E-state index contributed by atoms with van der Waals surface area (Å²) >= 11 is 0. The van der Waals surface area contributed by atoms with Gasteiger partial charge >= 0.3 is 0 Å². The minimum Gasteiger partial charge on any atom is -0.381 e. The topological polar surface area (TPSA) is 69.6 Å². The molecule has 0 spiro atoms. The number of anilines is 1. The molecule has 0 unspecified atom stereocenters. The lowest BCUT2D eigenvalue weighted by Crippen LogP contribution is -2.00. The van der Waals surface area contributed by atoms with Crippen molar-refractivity contribution in [2.75, 3.05) is 5.73 Å². The van der Waals surface area contributed by atoms with E-state index in [9.17, 15) is 0 Å². The molecule has 2 aromatic rings. The van der Waals surface area contributed by atoms with Crippen molar-refractivity contribution in [2.24, 2.45) is 0 Å². The monoisotopic (exact) mass is 229 g/mol. The molecule has 0 atom stereocenters. The van der Waals surface area contributed by atoms with E-state index in [1.165, 1.54) is 25.7 Å². The Bertz CT molecular complexity index is 499. The number of rotatable bonds is 2. The fourth-order valence-corrected chi connectivity index (χ4v) is 2.41. The van der Waals surface area contributed by atoms with Crippen LogP contribution in [-0.4, -0.2) is 20.0 Å². The second-order valence-corrected chi connectivity index (χ2v) is 4.45. The van der Waals surface area contributed by atoms with E-state index in [0.29, 0.717) is 11.7 Å². The molecule has 1 fully saturated rings. The van der Waals surface area contributed by atoms with Crippen LogP contribution in [0.1, 0.15) is 37.3 Å². The van der Waals surface area contributed by atoms with Gasteiger partial charge in [0.05, 0.1) is 5.69 Å². The van der Waals surface area contributed by atoms with Gasteiger partial charge in [0.25, 0.3) is 0 Å². The molecule has 0 radical (unpaired) electrons. The highest BCUT2D eigenvalue weighted by Crippen LogP contribution is 2.35. The second kappa shape index (κ2) is 4.16. The Labute approximate surface area is 99.7 Å². The highest BCUT2D eigenvalue weighted by molar-refractivity contribution is 5.38. The molecule has 0 amide bonds. The average Bonchev–Trinajstić information content (AvgIpc) is 2.99. The number of nitrogens with two attached hydrogens (primary N) is 1. The Hall–Kier alpha value is -1.91. The van der Waals surface area contributed by atoms with Crippen molar-refractivity contribution in [1.82, 2.24) is 20.0 Å². The van der Waals surface area contributed by atoms with E-state index >= 15 is 0 Å². The van der Waals surface area contributed by atoms with Crippen LogP contribution in [0.3, 0.4) is 0 Å². The van der Waals surface area contributed by atoms with Crippen LogP contribution in [0.2, 0.25) is 0 Å². The van der Waals surface area contributed by atoms with Crippen LogP contribution in [-0.2, 0) is 0 Å². The SMILES string of the molecule is Nc1nn(-c2ccncc2)nc1C1CCCC1. The molecule has 0 bridgehead atoms. The van der Waals surface area contributed by atoms with Gasteiger partial charge in [-0.15, -0.1) is 9.90 Å². The summed E-state index contributed by atoms with van der Waals surface area (Å²) in [5, 5.41) is 8.80. The highest BCUT2D eigenvalue weighted by Gasteiger charge is 2.23. The van der Waals surface area contributed by atoms with Gasteiger partial charge in [0.1, 0.15) is 5.69 Å². The predicted octanol–water partition coefficient (Wildman–Crippen LogP) is 1.90. The smallest absolute Gasteiger partial charge is 0.169 e. The third-order valence-electron chi connectivity index (χ3n) is 3.30. The molecule has 3 rings (SSSR count). The van der Waals surface area contributed by atoms with Crippen molar-refractivity contribution in [2.45, 2.75) is 31.6 Å². The first kappa shape index (κ1) is 10.3. The van der Waals surface area contributed by atoms with E-state index in [1.54, 1.807) is 17.2 Å². The zero-order chi connectivity index (χ0) is 11.7. The van der Waals surface area contributed by atoms with E-state index in [0.717, 1.165) is 11.4 Å². The lowest BCUT2D eigenvalue weighted by molar-refractivity contribution is 0.666. The molecular formula is C12H15N5. The molecule has 2 heterocycles. The molecule has 88 valence electrons. The van der Waals surface area contributed by atoms with Crippen LogP contribution < -0.4 is 5.73 Å². The average molecular weight is 229 g/mol. The number of nitrogens with zero attached hydrogens (tertiary/aromatic N) is 4. The fraction of sp³-hybridized carbons (Fsp3) is 0.417. The number of nitrogen functional groups attached to an aromatic ring is 1. The quantitative estimate of drug-likeness (QED) is 0.853. The Morgan fingerprint density at radius 1 is 1.12 bits per heavy atom. The van der Waals surface area contributed by atoms with Crippen molar-refractivity contribution in [3.63, 3.8) is 0 Å². The molecular weight excluding hydrogens is 214 g/mol. The normalized spacial score (nSPS) is 16.5. The lowest BCUT2D eigenvalue weighted by atomic mass is 10.0. The molecule has 2 N–H and O–H groups in total. The zero-order valence-corrected chi connectivity index (χ0v) is 9.58. The van der Waals surface area contributed by atoms with Crippen molar-refractivity contribution >= 4 is 5.82 Å². The van der Waals surface area contributed by atoms with Gasteiger partial charge in [-0.05, 0) is 25.0 Å². The first-order valence-electron chi connectivity index (χ1n) is 5.98. The van der Waals surface area contributed by atoms with Crippen molar-refractivity contribution in [3.8, 4) is 5.69 Å². The number of aromatic nitrogens is 4. The summed E-state index contributed by atoms with van der Waals surface area (Å²) in [7, 11) is 0. The Kier molecular flexibility index (Phi) is 2.51. The summed E-state index contributed by atoms with van der Waals surface area (Å²) in [5.41, 5.74) is 7.81. The summed E-state index contributed by atoms with van der Waals surface area (Å²) in [6, 6.07) is 3.75. The molecule has 5 nitrogen and oxygen atoms in total. The first-order chi connectivity index (χ1) is 8.34. The largest absolute Gasteiger partial charge is 0.381 e. The predicted molar refractivity (Wildman–Crippen MR) is 64.8 cm³/mol. The van der Waals surface area contributed by atoms with Crippen LogP contribution in [0.25, 0.3) is 5.69 Å². The lowest BCUT2D eigenvalue weighted by Gasteiger charge is -2.03. The maximum atomic E-state index is 5.95. The van der Waals surface area contributed by atoms with E-state index in [-0.39, 0.29) is 0 Å². The molecule has 1 saturated carbocycles. The summed E-state index contributed by atoms with van der Waals surface area (Å²) in [4.78, 5) is 5.58. The van der Waals surface area contributed by atoms with E-state index in [2.05, 4.69) is 15.2 Å². The van der Waals surface area contributed by atoms with Gasteiger partial charge in [-0.25, -0.2) is 0 Å². The molecule has 5 heteroatoms. The van der Waals surface area contributed by atoms with Crippen LogP contribution in [0, 0.1) is 0 Å². The zero-order valence-electron chi connectivity index (χ0n) is 9.58. The molecule has 1 aliphatic rings. The van der Waals surface area contributed by atoms with Gasteiger partial charge in [-0.1, -0.05) is 12.8 Å². The fourth-order valence-electron chi connectivity index (χ4n) is 2.41. The van der Waals surface area contributed by atoms with Crippen molar-refractivity contribution in [3.05, 3.63) is 30.2 Å². The van der Waals surface area contributed by atoms with Gasteiger partial charge in [-0.3, -0.25) is 4.98 Å². The Balaban J connectivity index is 1.95. The minimum absolute atomic E-state index is 0.491. The van der Waals surface area contributed by atoms with Crippen LogP contribution in [0.4, 0.5) is 5.82 Å². The van der Waals surface area contributed by atoms with Gasteiger partial charge in [0.15, 0.2) is 5.82 Å². The van der Waals surface area contributed by atoms with Gasteiger partial charge in [0.2, 0.25) is 0 Å². The van der Waals surface area contributed by atoms with Crippen LogP contribution in [0.5, 0.6) is 0 Å². The molecule has 0 aromatic carbocycles. The summed E-state index contributed by atoms with van der Waals surface area (Å²) < 4.78 is 0. The molecule has 0 saturated heterocycles. The van der Waals surface area contributed by atoms with Crippen molar-refractivity contribution < 1.29 is 0 Å². The number of hydrogen-bond acceptors (Lipinski definition) is 4. The maximum absolute atomic E-state index is 5.95. The van der Waals surface area contributed by atoms with Crippen LogP contribution >= 0.6 is 0 Å². The third-order valence-corrected chi connectivity index (χ3v) is 3.30. The molecule has 0 aliphatic heterocycles.